The van der Waals surface area contributed by atoms with Crippen molar-refractivity contribution in [3.8, 4) is 5.75 Å². The van der Waals surface area contributed by atoms with Crippen molar-refractivity contribution < 1.29 is 45.8 Å². The van der Waals surface area contributed by atoms with Crippen LogP contribution < -0.4 is 15.4 Å². The van der Waals surface area contributed by atoms with E-state index in [-0.39, 0.29) is 30.4 Å². The molecule has 1 fully saturated rings. The molecule has 2 amide bonds. The number of carbonyl (C=O) groups is 2. The van der Waals surface area contributed by atoms with E-state index < -0.39 is 59.4 Å². The summed E-state index contributed by atoms with van der Waals surface area (Å²) in [5.74, 6) is -4.31. The Hall–Kier alpha value is -4.22. The van der Waals surface area contributed by atoms with Crippen molar-refractivity contribution in [1.82, 2.24) is 10.6 Å². The van der Waals surface area contributed by atoms with Gasteiger partial charge in [0.2, 0.25) is 0 Å². The van der Waals surface area contributed by atoms with Crippen LogP contribution in [0.15, 0.2) is 72.8 Å². The van der Waals surface area contributed by atoms with Crippen molar-refractivity contribution in [3.63, 3.8) is 0 Å². The molecule has 0 aromatic heterocycles. The number of hydrogen-bond acceptors (Lipinski definition) is 3. The van der Waals surface area contributed by atoms with Gasteiger partial charge in [-0.1, -0.05) is 42.5 Å². The highest BCUT2D eigenvalue weighted by molar-refractivity contribution is 5.78. The van der Waals surface area contributed by atoms with Crippen molar-refractivity contribution >= 4 is 12.0 Å². The van der Waals surface area contributed by atoms with Crippen molar-refractivity contribution in [2.24, 2.45) is 5.92 Å². The molecule has 0 bridgehead atoms. The lowest BCUT2D eigenvalue weighted by Crippen LogP contribution is -2.56. The largest absolute Gasteiger partial charge is 0.481 e. The molecule has 1 atom stereocenters. The second-order valence-corrected chi connectivity index (χ2v) is 9.52. The van der Waals surface area contributed by atoms with Gasteiger partial charge in [-0.25, -0.2) is 13.6 Å². The van der Waals surface area contributed by atoms with Gasteiger partial charge in [0.15, 0.2) is 0 Å². The Balaban J connectivity index is 1.81. The van der Waals surface area contributed by atoms with Crippen LogP contribution in [0.25, 0.3) is 0 Å². The van der Waals surface area contributed by atoms with Crippen molar-refractivity contribution in [1.29, 1.82) is 0 Å². The molecule has 212 valence electrons. The van der Waals surface area contributed by atoms with Crippen LogP contribution in [0.1, 0.15) is 29.5 Å². The molecule has 12 heteroatoms. The summed E-state index contributed by atoms with van der Waals surface area (Å²) in [4.78, 5) is 24.4. The second kappa shape index (κ2) is 11.5. The summed E-state index contributed by atoms with van der Waals surface area (Å²) >= 11 is 0. The summed E-state index contributed by atoms with van der Waals surface area (Å²) in [6.07, 6.45) is -8.90. The Bertz CT molecular complexity index is 1350. The number of nitrogens with one attached hydrogen (secondary N) is 2. The first-order valence-electron chi connectivity index (χ1n) is 12.2. The zero-order chi connectivity index (χ0) is 29.1. The van der Waals surface area contributed by atoms with Crippen molar-refractivity contribution in [2.45, 2.75) is 43.4 Å². The van der Waals surface area contributed by atoms with Gasteiger partial charge >= 0.3 is 24.5 Å². The SMILES string of the molecule is O=C(N[C@](Cc1ccccc1)(c1ccc(F)cc1)c1cc(F)cc(OC(F)(F)C(F)F)c1)N[C@H]1C[C@@H](C(=O)O)C1. The van der Waals surface area contributed by atoms with E-state index in [4.69, 9.17) is 5.11 Å². The number of amides is 2. The van der Waals surface area contributed by atoms with Crippen molar-refractivity contribution in [2.75, 3.05) is 0 Å². The van der Waals surface area contributed by atoms with Crippen LogP contribution in [0.2, 0.25) is 0 Å². The van der Waals surface area contributed by atoms with Crippen molar-refractivity contribution in [3.05, 3.63) is 101 Å². The maximum Gasteiger partial charge on any atom is 0.461 e. The molecule has 3 aromatic rings. The lowest BCUT2D eigenvalue weighted by Gasteiger charge is -2.39. The zero-order valence-electron chi connectivity index (χ0n) is 20.7. The molecule has 1 saturated carbocycles. The molecule has 0 heterocycles. The van der Waals surface area contributed by atoms with E-state index in [1.807, 2.05) is 0 Å². The topological polar surface area (TPSA) is 87.7 Å². The third-order valence-corrected chi connectivity index (χ3v) is 6.67. The lowest BCUT2D eigenvalue weighted by atomic mass is 9.77. The number of carboxylic acids is 1. The highest BCUT2D eigenvalue weighted by Crippen LogP contribution is 2.38. The van der Waals surface area contributed by atoms with Crippen LogP contribution in [0, 0.1) is 17.6 Å². The number of ether oxygens (including phenoxy) is 1. The first-order valence-corrected chi connectivity index (χ1v) is 12.2. The van der Waals surface area contributed by atoms with Gasteiger partial charge in [-0.2, -0.15) is 17.6 Å². The molecular weight excluding hydrogens is 542 g/mol. The number of halogens is 6. The number of carboxylic acid groups (broad SMARTS) is 1. The Labute approximate surface area is 225 Å². The van der Waals surface area contributed by atoms with E-state index in [0.717, 1.165) is 24.3 Å². The number of hydrogen-bond donors (Lipinski definition) is 3. The molecule has 3 aromatic carbocycles. The molecule has 0 unspecified atom stereocenters. The van der Waals surface area contributed by atoms with Gasteiger partial charge in [0.05, 0.1) is 11.5 Å². The van der Waals surface area contributed by atoms with Gasteiger partial charge in [-0.3, -0.25) is 4.79 Å². The third kappa shape index (κ3) is 6.49. The fourth-order valence-corrected chi connectivity index (χ4v) is 4.62. The van der Waals surface area contributed by atoms with Gasteiger partial charge < -0.3 is 20.5 Å². The van der Waals surface area contributed by atoms with E-state index in [0.29, 0.717) is 11.6 Å². The minimum atomic E-state index is -4.93. The van der Waals surface area contributed by atoms with Crippen LogP contribution in [0.3, 0.4) is 0 Å². The van der Waals surface area contributed by atoms with E-state index in [9.17, 15) is 35.9 Å². The Morgan fingerprint density at radius 3 is 2.17 bits per heavy atom. The first kappa shape index (κ1) is 28.8. The predicted octanol–water partition coefficient (Wildman–Crippen LogP) is 5.85. The van der Waals surface area contributed by atoms with E-state index in [1.165, 1.54) is 12.1 Å². The van der Waals surface area contributed by atoms with Crippen LogP contribution >= 0.6 is 0 Å². The van der Waals surface area contributed by atoms with Gasteiger partial charge in [0.1, 0.15) is 17.4 Å². The summed E-state index contributed by atoms with van der Waals surface area (Å²) in [6, 6.07) is 14.3. The smallest absolute Gasteiger partial charge is 0.461 e. The van der Waals surface area contributed by atoms with Gasteiger partial charge in [-0.15, -0.1) is 0 Å². The Morgan fingerprint density at radius 2 is 1.57 bits per heavy atom. The average Bonchev–Trinajstić information content (AvgIpc) is 2.85. The molecule has 6 nitrogen and oxygen atoms in total. The summed E-state index contributed by atoms with van der Waals surface area (Å²) < 4.78 is 86.0. The lowest BCUT2D eigenvalue weighted by molar-refractivity contribution is -0.253. The molecule has 0 radical (unpaired) electrons. The Morgan fingerprint density at radius 1 is 0.925 bits per heavy atom. The maximum absolute atomic E-state index is 14.8. The highest BCUT2D eigenvalue weighted by Gasteiger charge is 2.45. The van der Waals surface area contributed by atoms with Crippen LogP contribution in [0.5, 0.6) is 5.75 Å². The molecule has 0 saturated heterocycles. The summed E-state index contributed by atoms with van der Waals surface area (Å²) in [6.45, 7) is 0. The molecular formula is C28H24F6N2O4. The summed E-state index contributed by atoms with van der Waals surface area (Å²) in [5.41, 5.74) is -1.11. The molecule has 0 spiro atoms. The van der Waals surface area contributed by atoms with Gasteiger partial charge in [0.25, 0.3) is 0 Å². The summed E-state index contributed by atoms with van der Waals surface area (Å²) in [7, 11) is 0. The quantitative estimate of drug-likeness (QED) is 0.269. The number of urea groups is 1. The number of rotatable bonds is 10. The number of carbonyl (C=O) groups excluding carboxylic acids is 1. The zero-order valence-corrected chi connectivity index (χ0v) is 20.7. The molecule has 1 aliphatic rings. The first-order chi connectivity index (χ1) is 18.9. The van der Waals surface area contributed by atoms with E-state index in [2.05, 4.69) is 15.4 Å². The van der Waals surface area contributed by atoms with Crippen LogP contribution in [-0.4, -0.2) is 35.7 Å². The standard InChI is InChI=1S/C28H24F6N2O4/c29-20-8-6-18(7-9-20)27(15-16-4-2-1-3-5-16,36-26(39)35-22-10-17(11-22)24(37)38)19-12-21(30)14-23(13-19)40-28(33,34)25(31)32/h1-9,12-14,17,22,25H,10-11,15H2,(H,37,38)(H2,35,36,39)/t17-,22+,27-/m1/s1. The van der Waals surface area contributed by atoms with Gasteiger partial charge in [0, 0.05) is 18.5 Å². The molecule has 4 rings (SSSR count). The fraction of sp³-hybridized carbons (Fsp3) is 0.286. The second-order valence-electron chi connectivity index (χ2n) is 9.52. The molecule has 40 heavy (non-hydrogen) atoms. The molecule has 1 aliphatic carbocycles. The number of aliphatic carboxylic acids is 1. The molecule has 3 N–H and O–H groups in total. The fourth-order valence-electron chi connectivity index (χ4n) is 4.62. The monoisotopic (exact) mass is 566 g/mol. The number of alkyl halides is 4. The maximum atomic E-state index is 14.8. The van der Waals surface area contributed by atoms with Crippen LogP contribution in [0.4, 0.5) is 31.1 Å². The van der Waals surface area contributed by atoms with E-state index >= 15 is 0 Å². The van der Waals surface area contributed by atoms with E-state index in [1.54, 1.807) is 30.3 Å². The highest BCUT2D eigenvalue weighted by atomic mass is 19.3. The van der Waals surface area contributed by atoms with Crippen LogP contribution in [-0.2, 0) is 16.8 Å². The predicted molar refractivity (Wildman–Crippen MR) is 131 cm³/mol. The minimum absolute atomic E-state index is 0.108. The normalized spacial score (nSPS) is 18.4. The Kier molecular flexibility index (Phi) is 8.26. The molecule has 0 aliphatic heterocycles. The average molecular weight is 566 g/mol. The summed E-state index contributed by atoms with van der Waals surface area (Å²) in [5, 5.41) is 14.5. The van der Waals surface area contributed by atoms with Gasteiger partial charge in [-0.05, 0) is 53.8 Å². The third-order valence-electron chi connectivity index (χ3n) is 6.67. The minimum Gasteiger partial charge on any atom is -0.481 e. The number of benzene rings is 3.